The van der Waals surface area contributed by atoms with Crippen molar-refractivity contribution in [3.05, 3.63) is 47.7 Å². The van der Waals surface area contributed by atoms with Crippen LogP contribution in [0.2, 0.25) is 43.3 Å². The first-order chi connectivity index (χ1) is 11.3. The van der Waals surface area contributed by atoms with Crippen molar-refractivity contribution in [3.63, 3.8) is 0 Å². The molecular formula is C22H40OSi2. The molecule has 0 amide bonds. The number of benzene rings is 1. The number of rotatable bonds is 8. The zero-order chi connectivity index (χ0) is 19.5. The molecule has 25 heavy (non-hydrogen) atoms. The first-order valence-electron chi connectivity index (χ1n) is 9.72. The molecule has 0 spiro atoms. The molecule has 0 fully saturated rings. The maximum atomic E-state index is 6.62. The van der Waals surface area contributed by atoms with E-state index < -0.39 is 16.4 Å². The average Bonchev–Trinajstić information content (AvgIpc) is 2.50. The van der Waals surface area contributed by atoms with E-state index in [2.05, 4.69) is 104 Å². The molecule has 0 saturated carbocycles. The third-order valence-corrected chi connectivity index (χ3v) is 13.3. The molecule has 0 aromatic heterocycles. The van der Waals surface area contributed by atoms with Crippen molar-refractivity contribution in [1.29, 1.82) is 0 Å². The normalized spacial score (nSPS) is 15.4. The highest BCUT2D eigenvalue weighted by Gasteiger charge is 2.48. The fourth-order valence-corrected chi connectivity index (χ4v) is 8.59. The Balaban J connectivity index is 3.36. The molecule has 0 unspecified atom stereocenters. The molecule has 0 saturated heterocycles. The Bertz CT molecular complexity index is 565. The van der Waals surface area contributed by atoms with Gasteiger partial charge in [-0.1, -0.05) is 77.2 Å². The molecule has 1 nitrogen and oxygen atoms in total. The molecule has 0 aliphatic carbocycles. The van der Waals surface area contributed by atoms with Gasteiger partial charge in [-0.05, 0) is 49.5 Å². The Hall–Kier alpha value is -0.806. The standard InChI is InChI=1S/C22H40OSi2/c1-11-20(23-24(6,7)8)21(17-19-15-13-12-14-16-19)25(9,10)22(4,5)18(2)3/h11-16,18,21H,17H2,1-10H3/b20-11-/t21-/m0/s1. The predicted octanol–water partition coefficient (Wildman–Crippen LogP) is 7.50. The third-order valence-electron chi connectivity index (χ3n) is 6.31. The highest BCUT2D eigenvalue weighted by molar-refractivity contribution is 6.82. The van der Waals surface area contributed by atoms with Crippen LogP contribution in [0, 0.1) is 5.92 Å². The van der Waals surface area contributed by atoms with E-state index in [1.165, 1.54) is 11.3 Å². The highest BCUT2D eigenvalue weighted by Crippen LogP contribution is 2.53. The van der Waals surface area contributed by atoms with E-state index in [9.17, 15) is 0 Å². The summed E-state index contributed by atoms with van der Waals surface area (Å²) in [7, 11) is -3.29. The topological polar surface area (TPSA) is 9.23 Å². The van der Waals surface area contributed by atoms with E-state index in [0.29, 0.717) is 16.5 Å². The summed E-state index contributed by atoms with van der Waals surface area (Å²) in [6.45, 7) is 23.9. The van der Waals surface area contributed by atoms with E-state index in [1.54, 1.807) is 0 Å². The minimum absolute atomic E-state index is 0.337. The zero-order valence-corrected chi connectivity index (χ0v) is 20.2. The molecule has 3 heteroatoms. The van der Waals surface area contributed by atoms with Gasteiger partial charge in [-0.25, -0.2) is 0 Å². The van der Waals surface area contributed by atoms with E-state index >= 15 is 0 Å². The SMILES string of the molecule is C/C=C(\O[Si](C)(C)C)[C@H](Cc1ccccc1)[Si](C)(C)C(C)(C)C(C)C. The van der Waals surface area contributed by atoms with Crippen molar-refractivity contribution in [2.45, 2.75) is 84.4 Å². The molecule has 0 N–H and O–H groups in total. The van der Waals surface area contributed by atoms with Gasteiger partial charge in [0.25, 0.3) is 0 Å². The second-order valence-corrected chi connectivity index (χ2v) is 19.6. The predicted molar refractivity (Wildman–Crippen MR) is 118 cm³/mol. The first kappa shape index (κ1) is 22.2. The number of hydrogen-bond acceptors (Lipinski definition) is 1. The Morgan fingerprint density at radius 3 is 1.96 bits per heavy atom. The van der Waals surface area contributed by atoms with Crippen molar-refractivity contribution in [3.8, 4) is 0 Å². The van der Waals surface area contributed by atoms with Crippen LogP contribution < -0.4 is 0 Å². The minimum atomic E-state index is -1.66. The molecule has 1 rings (SSSR count). The Kier molecular flexibility index (Phi) is 7.35. The van der Waals surface area contributed by atoms with Crippen molar-refractivity contribution < 1.29 is 4.43 Å². The summed E-state index contributed by atoms with van der Waals surface area (Å²) in [6, 6.07) is 10.9. The lowest BCUT2D eigenvalue weighted by atomic mass is 9.99. The lowest BCUT2D eigenvalue weighted by Crippen LogP contribution is -2.48. The van der Waals surface area contributed by atoms with Crippen molar-refractivity contribution >= 4 is 16.4 Å². The summed E-state index contributed by atoms with van der Waals surface area (Å²) in [4.78, 5) is 0. The van der Waals surface area contributed by atoms with Gasteiger partial charge in [-0.15, -0.1) is 0 Å². The van der Waals surface area contributed by atoms with Gasteiger partial charge >= 0.3 is 0 Å². The van der Waals surface area contributed by atoms with Crippen molar-refractivity contribution in [2.24, 2.45) is 5.92 Å². The molecule has 1 atom stereocenters. The molecular weight excluding hydrogens is 336 g/mol. The highest BCUT2D eigenvalue weighted by atomic mass is 28.4. The molecule has 1 aromatic carbocycles. The summed E-state index contributed by atoms with van der Waals surface area (Å²) >= 11 is 0. The van der Waals surface area contributed by atoms with Crippen LogP contribution in [0.25, 0.3) is 0 Å². The van der Waals surface area contributed by atoms with Crippen LogP contribution in [0.4, 0.5) is 0 Å². The van der Waals surface area contributed by atoms with Gasteiger partial charge in [0.1, 0.15) is 0 Å². The summed E-state index contributed by atoms with van der Waals surface area (Å²) in [6.07, 6.45) is 3.33. The van der Waals surface area contributed by atoms with Crippen LogP contribution in [0.15, 0.2) is 42.2 Å². The second kappa shape index (κ2) is 8.26. The fourth-order valence-electron chi connectivity index (χ4n) is 3.44. The lowest BCUT2D eigenvalue weighted by Gasteiger charge is -2.49. The van der Waals surface area contributed by atoms with Gasteiger partial charge in [-0.2, -0.15) is 0 Å². The molecule has 0 radical (unpaired) electrons. The molecule has 0 heterocycles. The lowest BCUT2D eigenvalue weighted by molar-refractivity contribution is 0.382. The van der Waals surface area contributed by atoms with Crippen LogP contribution in [0.5, 0.6) is 0 Å². The van der Waals surface area contributed by atoms with E-state index in [-0.39, 0.29) is 0 Å². The van der Waals surface area contributed by atoms with Gasteiger partial charge in [0.05, 0.1) is 13.8 Å². The largest absolute Gasteiger partial charge is 0.548 e. The van der Waals surface area contributed by atoms with Gasteiger partial charge in [0.2, 0.25) is 8.32 Å². The fraction of sp³-hybridized carbons (Fsp3) is 0.636. The van der Waals surface area contributed by atoms with E-state index in [0.717, 1.165) is 6.42 Å². The van der Waals surface area contributed by atoms with E-state index in [4.69, 9.17) is 4.43 Å². The quantitative estimate of drug-likeness (QED) is 0.337. The van der Waals surface area contributed by atoms with Crippen molar-refractivity contribution in [2.75, 3.05) is 0 Å². The maximum absolute atomic E-state index is 6.62. The van der Waals surface area contributed by atoms with Crippen LogP contribution in [0.1, 0.15) is 40.2 Å². The second-order valence-electron chi connectivity index (χ2n) is 9.75. The smallest absolute Gasteiger partial charge is 0.241 e. The Labute approximate surface area is 159 Å². The minimum Gasteiger partial charge on any atom is -0.548 e. The van der Waals surface area contributed by atoms with Gasteiger partial charge in [0.15, 0.2) is 0 Å². The Morgan fingerprint density at radius 1 is 1.04 bits per heavy atom. The van der Waals surface area contributed by atoms with Crippen LogP contribution in [-0.4, -0.2) is 16.4 Å². The van der Waals surface area contributed by atoms with Crippen LogP contribution >= 0.6 is 0 Å². The maximum Gasteiger partial charge on any atom is 0.241 e. The van der Waals surface area contributed by atoms with Gasteiger partial charge in [-0.3, -0.25) is 0 Å². The average molecular weight is 377 g/mol. The molecule has 142 valence electrons. The van der Waals surface area contributed by atoms with Crippen LogP contribution in [-0.2, 0) is 10.8 Å². The molecule has 0 aliphatic rings. The summed E-state index contributed by atoms with van der Waals surface area (Å²) in [5.41, 5.74) is 1.93. The van der Waals surface area contributed by atoms with E-state index in [1.807, 2.05) is 0 Å². The summed E-state index contributed by atoms with van der Waals surface area (Å²) < 4.78 is 6.62. The van der Waals surface area contributed by atoms with Crippen LogP contribution in [0.3, 0.4) is 0 Å². The van der Waals surface area contributed by atoms with Gasteiger partial charge < -0.3 is 4.43 Å². The van der Waals surface area contributed by atoms with Crippen molar-refractivity contribution in [1.82, 2.24) is 0 Å². The number of hydrogen-bond donors (Lipinski definition) is 0. The number of allylic oxidation sites excluding steroid dienone is 2. The third kappa shape index (κ3) is 5.58. The van der Waals surface area contributed by atoms with Gasteiger partial charge in [0, 0.05) is 5.54 Å². The Morgan fingerprint density at radius 2 is 1.56 bits per heavy atom. The monoisotopic (exact) mass is 376 g/mol. The molecule has 0 aliphatic heterocycles. The molecule has 0 bridgehead atoms. The zero-order valence-electron chi connectivity index (χ0n) is 18.2. The summed E-state index contributed by atoms with van der Waals surface area (Å²) in [5, 5.41) is 0.337. The summed E-state index contributed by atoms with van der Waals surface area (Å²) in [5.74, 6) is 1.91. The first-order valence-corrected chi connectivity index (χ1v) is 16.2. The molecule has 1 aromatic rings.